The van der Waals surface area contributed by atoms with Gasteiger partial charge in [0.05, 0.1) is 12.7 Å². The molecular weight excluding hydrogens is 314 g/mol. The summed E-state index contributed by atoms with van der Waals surface area (Å²) in [5.74, 6) is 0.265. The molecular formula is C12H16BrN3O3. The molecule has 4 N–H and O–H groups in total. The minimum Gasteiger partial charge on any atom is -0.496 e. The van der Waals surface area contributed by atoms with Crippen LogP contribution >= 0.6 is 15.9 Å². The third kappa shape index (κ3) is 4.44. The van der Waals surface area contributed by atoms with Crippen molar-refractivity contribution in [3.8, 4) is 5.75 Å². The highest BCUT2D eigenvalue weighted by Gasteiger charge is 2.15. The molecule has 1 aromatic rings. The molecule has 7 heteroatoms. The number of nitrogens with one attached hydrogen (secondary N) is 1. The molecule has 0 bridgehead atoms. The van der Waals surface area contributed by atoms with Gasteiger partial charge in [-0.25, -0.2) is 0 Å². The highest BCUT2D eigenvalue weighted by atomic mass is 79.9. The van der Waals surface area contributed by atoms with Crippen LogP contribution in [0.3, 0.4) is 0 Å². The summed E-state index contributed by atoms with van der Waals surface area (Å²) >= 11 is 3.31. The molecule has 1 rings (SSSR count). The Bertz CT molecular complexity index is 491. The summed E-state index contributed by atoms with van der Waals surface area (Å²) in [6, 6.07) is 4.88. The number of oxime groups is 1. The van der Waals surface area contributed by atoms with E-state index in [-0.39, 0.29) is 24.2 Å². The molecule has 0 saturated heterocycles. The SMILES string of the molecule is COc1cc(Br)ccc1C(=O)NC(C)C/C(N)=N/O. The van der Waals surface area contributed by atoms with E-state index in [0.717, 1.165) is 4.47 Å². The zero-order valence-electron chi connectivity index (χ0n) is 10.7. The first-order valence-electron chi connectivity index (χ1n) is 5.58. The van der Waals surface area contributed by atoms with E-state index in [1.165, 1.54) is 7.11 Å². The lowest BCUT2D eigenvalue weighted by atomic mass is 10.1. The summed E-state index contributed by atoms with van der Waals surface area (Å²) in [6.07, 6.45) is 0.265. The summed E-state index contributed by atoms with van der Waals surface area (Å²) in [5.41, 5.74) is 5.81. The lowest BCUT2D eigenvalue weighted by Gasteiger charge is -2.14. The number of methoxy groups -OCH3 is 1. The topological polar surface area (TPSA) is 96.9 Å². The summed E-state index contributed by atoms with van der Waals surface area (Å²) in [6.45, 7) is 1.77. The third-order valence-corrected chi connectivity index (χ3v) is 2.92. The molecule has 0 aliphatic heterocycles. The van der Waals surface area contributed by atoms with Crippen molar-refractivity contribution in [2.75, 3.05) is 7.11 Å². The quantitative estimate of drug-likeness (QED) is 0.331. The summed E-state index contributed by atoms with van der Waals surface area (Å²) in [7, 11) is 1.50. The van der Waals surface area contributed by atoms with Crippen LogP contribution in [-0.4, -0.2) is 30.1 Å². The second kappa shape index (κ2) is 6.98. The number of rotatable bonds is 5. The minimum atomic E-state index is -0.275. The normalized spacial score (nSPS) is 12.9. The zero-order valence-corrected chi connectivity index (χ0v) is 12.3. The van der Waals surface area contributed by atoms with Gasteiger partial charge >= 0.3 is 0 Å². The third-order valence-electron chi connectivity index (χ3n) is 2.43. The molecule has 0 fully saturated rings. The fourth-order valence-electron chi connectivity index (χ4n) is 1.56. The minimum absolute atomic E-state index is 0.0653. The Morgan fingerprint density at radius 1 is 1.63 bits per heavy atom. The second-order valence-electron chi connectivity index (χ2n) is 4.01. The van der Waals surface area contributed by atoms with E-state index in [0.29, 0.717) is 11.3 Å². The molecule has 1 atom stereocenters. The number of hydrogen-bond donors (Lipinski definition) is 3. The molecule has 1 amide bonds. The van der Waals surface area contributed by atoms with Crippen molar-refractivity contribution in [3.05, 3.63) is 28.2 Å². The number of amidine groups is 1. The Morgan fingerprint density at radius 3 is 2.89 bits per heavy atom. The molecule has 1 unspecified atom stereocenters. The van der Waals surface area contributed by atoms with Crippen LogP contribution in [0.2, 0.25) is 0 Å². The highest BCUT2D eigenvalue weighted by Crippen LogP contribution is 2.23. The molecule has 19 heavy (non-hydrogen) atoms. The van der Waals surface area contributed by atoms with Crippen LogP contribution in [-0.2, 0) is 0 Å². The Kier molecular flexibility index (Phi) is 5.62. The summed E-state index contributed by atoms with van der Waals surface area (Å²) < 4.78 is 5.98. The van der Waals surface area contributed by atoms with E-state index >= 15 is 0 Å². The van der Waals surface area contributed by atoms with Gasteiger partial charge in [-0.3, -0.25) is 4.79 Å². The average Bonchev–Trinajstić information content (AvgIpc) is 2.37. The van der Waals surface area contributed by atoms with Gasteiger partial charge in [0.25, 0.3) is 5.91 Å². The standard InChI is InChI=1S/C12H16BrN3O3/c1-7(5-11(14)16-18)15-12(17)9-4-3-8(13)6-10(9)19-2/h3-4,6-7,18H,5H2,1-2H3,(H2,14,16)(H,15,17). The number of benzene rings is 1. The van der Waals surface area contributed by atoms with Gasteiger partial charge in [0, 0.05) is 16.9 Å². The number of ether oxygens (including phenoxy) is 1. The highest BCUT2D eigenvalue weighted by molar-refractivity contribution is 9.10. The van der Waals surface area contributed by atoms with E-state index in [2.05, 4.69) is 26.4 Å². The van der Waals surface area contributed by atoms with Gasteiger partial charge in [-0.15, -0.1) is 0 Å². The van der Waals surface area contributed by atoms with Crippen molar-refractivity contribution in [3.63, 3.8) is 0 Å². The maximum atomic E-state index is 12.1. The van der Waals surface area contributed by atoms with Crippen molar-refractivity contribution in [2.24, 2.45) is 10.9 Å². The molecule has 0 radical (unpaired) electrons. The van der Waals surface area contributed by atoms with Crippen LogP contribution in [0.25, 0.3) is 0 Å². The first-order valence-corrected chi connectivity index (χ1v) is 6.38. The van der Waals surface area contributed by atoms with Gasteiger partial charge in [0.2, 0.25) is 0 Å². The number of carbonyl (C=O) groups excluding carboxylic acids is 1. The predicted molar refractivity (Wildman–Crippen MR) is 75.6 cm³/mol. The number of nitrogens with two attached hydrogens (primary N) is 1. The van der Waals surface area contributed by atoms with Gasteiger partial charge in [0.1, 0.15) is 11.6 Å². The summed E-state index contributed by atoms with van der Waals surface area (Å²) in [4.78, 5) is 12.1. The lowest BCUT2D eigenvalue weighted by Crippen LogP contribution is -2.36. The number of halogens is 1. The van der Waals surface area contributed by atoms with Crippen LogP contribution in [0, 0.1) is 0 Å². The fraction of sp³-hybridized carbons (Fsp3) is 0.333. The Balaban J connectivity index is 2.78. The maximum absolute atomic E-state index is 12.1. The second-order valence-corrected chi connectivity index (χ2v) is 4.93. The first kappa shape index (κ1) is 15.3. The molecule has 6 nitrogen and oxygen atoms in total. The van der Waals surface area contributed by atoms with Gasteiger partial charge < -0.3 is 21.0 Å². The van der Waals surface area contributed by atoms with E-state index in [1.807, 2.05) is 0 Å². The smallest absolute Gasteiger partial charge is 0.255 e. The molecule has 1 aromatic carbocycles. The van der Waals surface area contributed by atoms with E-state index in [1.54, 1.807) is 25.1 Å². The van der Waals surface area contributed by atoms with Crippen molar-refractivity contribution in [1.29, 1.82) is 0 Å². The van der Waals surface area contributed by atoms with Crippen LogP contribution in [0.15, 0.2) is 27.8 Å². The molecule has 0 saturated carbocycles. The van der Waals surface area contributed by atoms with Gasteiger partial charge in [0.15, 0.2) is 0 Å². The van der Waals surface area contributed by atoms with Crippen LogP contribution in [0.4, 0.5) is 0 Å². The van der Waals surface area contributed by atoms with Crippen LogP contribution in [0.5, 0.6) is 5.75 Å². The summed E-state index contributed by atoms with van der Waals surface area (Å²) in [5, 5.41) is 14.1. The van der Waals surface area contributed by atoms with E-state index in [9.17, 15) is 4.79 Å². The van der Waals surface area contributed by atoms with E-state index < -0.39 is 0 Å². The number of carbonyl (C=O) groups is 1. The van der Waals surface area contributed by atoms with Gasteiger partial charge in [-0.05, 0) is 25.1 Å². The number of hydrogen-bond acceptors (Lipinski definition) is 4. The predicted octanol–water partition coefficient (Wildman–Crippen LogP) is 1.71. The molecule has 0 aliphatic carbocycles. The van der Waals surface area contributed by atoms with Gasteiger partial charge in [-0.1, -0.05) is 21.1 Å². The lowest BCUT2D eigenvalue weighted by molar-refractivity contribution is 0.0938. The van der Waals surface area contributed by atoms with Crippen molar-refractivity contribution >= 4 is 27.7 Å². The average molecular weight is 330 g/mol. The molecule has 0 heterocycles. The number of amides is 1. The van der Waals surface area contributed by atoms with Crippen molar-refractivity contribution in [1.82, 2.24) is 5.32 Å². The van der Waals surface area contributed by atoms with Crippen molar-refractivity contribution < 1.29 is 14.7 Å². The van der Waals surface area contributed by atoms with Crippen LogP contribution in [0.1, 0.15) is 23.7 Å². The Morgan fingerprint density at radius 2 is 2.32 bits per heavy atom. The monoisotopic (exact) mass is 329 g/mol. The molecule has 0 aromatic heterocycles. The van der Waals surface area contributed by atoms with Crippen LogP contribution < -0.4 is 15.8 Å². The maximum Gasteiger partial charge on any atom is 0.255 e. The van der Waals surface area contributed by atoms with Crippen molar-refractivity contribution in [2.45, 2.75) is 19.4 Å². The molecule has 0 aliphatic rings. The largest absolute Gasteiger partial charge is 0.496 e. The first-order chi connectivity index (χ1) is 8.97. The molecule has 104 valence electrons. The fourth-order valence-corrected chi connectivity index (χ4v) is 1.90. The Hall–Kier alpha value is -1.76. The Labute approximate surface area is 119 Å². The number of nitrogens with zero attached hydrogens (tertiary/aromatic N) is 1. The van der Waals surface area contributed by atoms with Gasteiger partial charge in [-0.2, -0.15) is 0 Å². The zero-order chi connectivity index (χ0) is 14.4. The van der Waals surface area contributed by atoms with E-state index in [4.69, 9.17) is 15.7 Å². The molecule has 0 spiro atoms.